The van der Waals surface area contributed by atoms with Crippen LogP contribution in [0.3, 0.4) is 0 Å². The first-order valence-electron chi connectivity index (χ1n) is 6.80. The summed E-state index contributed by atoms with van der Waals surface area (Å²) < 4.78 is 0. The van der Waals surface area contributed by atoms with Crippen LogP contribution in [0.15, 0.2) is 0 Å². The number of rotatable bonds is 3. The third-order valence-corrected chi connectivity index (χ3v) is 3.99. The van der Waals surface area contributed by atoms with E-state index in [-0.39, 0.29) is 0 Å². The van der Waals surface area contributed by atoms with Crippen molar-refractivity contribution in [1.29, 1.82) is 0 Å². The lowest BCUT2D eigenvalue weighted by Crippen LogP contribution is -2.30. The average Bonchev–Trinajstić information content (AvgIpc) is 2.94. The highest BCUT2D eigenvalue weighted by atomic mass is 15.0. The monoisotopic (exact) mass is 209 g/mol. The smallest absolute Gasteiger partial charge is 0.0102 e. The molecule has 2 fully saturated rings. The lowest BCUT2D eigenvalue weighted by molar-refractivity contribution is 0.303. The quantitative estimate of drug-likeness (QED) is 0.749. The van der Waals surface area contributed by atoms with Crippen molar-refractivity contribution in [1.82, 2.24) is 5.32 Å². The molecule has 2 aliphatic rings. The van der Waals surface area contributed by atoms with Crippen LogP contribution in [-0.4, -0.2) is 12.6 Å². The maximum atomic E-state index is 3.74. The van der Waals surface area contributed by atoms with Crippen molar-refractivity contribution in [2.45, 2.75) is 65.3 Å². The fourth-order valence-corrected chi connectivity index (χ4v) is 2.97. The molecule has 1 N–H and O–H groups in total. The van der Waals surface area contributed by atoms with Gasteiger partial charge in [-0.05, 0) is 23.7 Å². The normalized spacial score (nSPS) is 33.0. The first-order chi connectivity index (χ1) is 7.06. The van der Waals surface area contributed by atoms with E-state index in [4.69, 9.17) is 0 Å². The van der Waals surface area contributed by atoms with Crippen molar-refractivity contribution in [3.63, 3.8) is 0 Å². The van der Waals surface area contributed by atoms with Gasteiger partial charge < -0.3 is 5.32 Å². The first kappa shape index (κ1) is 11.4. The third-order valence-electron chi connectivity index (χ3n) is 3.99. The van der Waals surface area contributed by atoms with Gasteiger partial charge in [0.25, 0.3) is 0 Å². The van der Waals surface area contributed by atoms with Crippen LogP contribution in [0.25, 0.3) is 0 Å². The summed E-state index contributed by atoms with van der Waals surface area (Å²) in [6, 6.07) is 0.868. The topological polar surface area (TPSA) is 12.0 Å². The molecule has 15 heavy (non-hydrogen) atoms. The molecule has 0 saturated heterocycles. The molecule has 0 spiro atoms. The van der Waals surface area contributed by atoms with Gasteiger partial charge in [-0.3, -0.25) is 0 Å². The summed E-state index contributed by atoms with van der Waals surface area (Å²) >= 11 is 0. The van der Waals surface area contributed by atoms with Gasteiger partial charge in [0.15, 0.2) is 0 Å². The van der Waals surface area contributed by atoms with Crippen LogP contribution in [0.5, 0.6) is 0 Å². The van der Waals surface area contributed by atoms with E-state index in [2.05, 4.69) is 26.1 Å². The van der Waals surface area contributed by atoms with Crippen LogP contribution in [-0.2, 0) is 0 Å². The molecule has 0 aliphatic heterocycles. The molecule has 0 amide bonds. The maximum absolute atomic E-state index is 3.74. The van der Waals surface area contributed by atoms with Gasteiger partial charge >= 0.3 is 0 Å². The Bertz CT molecular complexity index is 198. The predicted octanol–water partition coefficient (Wildman–Crippen LogP) is 3.59. The summed E-state index contributed by atoms with van der Waals surface area (Å²) in [6.45, 7) is 8.13. The molecule has 0 aromatic rings. The van der Waals surface area contributed by atoms with Gasteiger partial charge in [0.05, 0.1) is 0 Å². The summed E-state index contributed by atoms with van der Waals surface area (Å²) in [5.74, 6) is 2.10. The van der Waals surface area contributed by atoms with Crippen LogP contribution in [0.2, 0.25) is 0 Å². The number of hydrogen-bond acceptors (Lipinski definition) is 1. The summed E-state index contributed by atoms with van der Waals surface area (Å²) in [4.78, 5) is 0. The first-order valence-corrected chi connectivity index (χ1v) is 6.80. The van der Waals surface area contributed by atoms with E-state index in [0.717, 1.165) is 17.9 Å². The van der Waals surface area contributed by atoms with Gasteiger partial charge in [0, 0.05) is 12.6 Å². The van der Waals surface area contributed by atoms with E-state index in [1.54, 1.807) is 0 Å². The van der Waals surface area contributed by atoms with E-state index < -0.39 is 0 Å². The molecule has 1 heteroatoms. The fourth-order valence-electron chi connectivity index (χ4n) is 2.97. The lowest BCUT2D eigenvalue weighted by atomic mass is 9.85. The van der Waals surface area contributed by atoms with Gasteiger partial charge in [-0.1, -0.05) is 52.9 Å². The molecule has 2 unspecified atom stereocenters. The van der Waals surface area contributed by atoms with E-state index in [1.807, 2.05) is 0 Å². The molecule has 1 nitrogen and oxygen atoms in total. The summed E-state index contributed by atoms with van der Waals surface area (Å²) in [6.07, 6.45) is 8.96. The second-order valence-electron chi connectivity index (χ2n) is 6.85. The SMILES string of the molecule is CC(C)(C)CNC1CC1C1CCCCC1. The van der Waals surface area contributed by atoms with Crippen molar-refractivity contribution in [2.24, 2.45) is 17.3 Å². The third kappa shape index (κ3) is 3.48. The zero-order valence-electron chi connectivity index (χ0n) is 10.7. The number of hydrogen-bond donors (Lipinski definition) is 1. The Labute approximate surface area is 95.0 Å². The molecule has 0 aromatic heterocycles. The largest absolute Gasteiger partial charge is 0.313 e. The predicted molar refractivity (Wildman–Crippen MR) is 65.9 cm³/mol. The highest BCUT2D eigenvalue weighted by molar-refractivity contribution is 4.98. The van der Waals surface area contributed by atoms with E-state index in [1.165, 1.54) is 45.1 Å². The maximum Gasteiger partial charge on any atom is 0.0102 e. The molecule has 88 valence electrons. The van der Waals surface area contributed by atoms with Crippen LogP contribution in [0.4, 0.5) is 0 Å². The van der Waals surface area contributed by atoms with E-state index in [0.29, 0.717) is 5.41 Å². The molecular formula is C14H27N. The average molecular weight is 209 g/mol. The van der Waals surface area contributed by atoms with Gasteiger partial charge in [-0.2, -0.15) is 0 Å². The van der Waals surface area contributed by atoms with Crippen molar-refractivity contribution >= 4 is 0 Å². The van der Waals surface area contributed by atoms with Crippen molar-refractivity contribution in [3.05, 3.63) is 0 Å². The minimum atomic E-state index is 0.444. The van der Waals surface area contributed by atoms with Gasteiger partial charge in [0.1, 0.15) is 0 Å². The fraction of sp³-hybridized carbons (Fsp3) is 1.00. The van der Waals surface area contributed by atoms with Crippen LogP contribution < -0.4 is 5.32 Å². The van der Waals surface area contributed by atoms with Crippen molar-refractivity contribution < 1.29 is 0 Å². The molecule has 0 bridgehead atoms. The standard InChI is InChI=1S/C14H27N/c1-14(2,3)10-15-13-9-12(13)11-7-5-4-6-8-11/h11-13,15H,4-10H2,1-3H3. The Morgan fingerprint density at radius 1 is 1.07 bits per heavy atom. The van der Waals surface area contributed by atoms with Gasteiger partial charge in [0.2, 0.25) is 0 Å². The minimum absolute atomic E-state index is 0.444. The molecule has 0 aromatic carbocycles. The molecule has 2 aliphatic carbocycles. The Morgan fingerprint density at radius 3 is 2.33 bits per heavy atom. The molecule has 0 radical (unpaired) electrons. The molecular weight excluding hydrogens is 182 g/mol. The molecule has 2 rings (SSSR count). The summed E-state index contributed by atoms with van der Waals surface area (Å²) in [7, 11) is 0. The second kappa shape index (κ2) is 4.45. The van der Waals surface area contributed by atoms with Crippen LogP contribution >= 0.6 is 0 Å². The highest BCUT2D eigenvalue weighted by Gasteiger charge is 2.42. The van der Waals surface area contributed by atoms with Crippen molar-refractivity contribution in [3.8, 4) is 0 Å². The minimum Gasteiger partial charge on any atom is -0.313 e. The Hall–Kier alpha value is -0.0400. The Morgan fingerprint density at radius 2 is 1.73 bits per heavy atom. The van der Waals surface area contributed by atoms with Crippen LogP contribution in [0.1, 0.15) is 59.3 Å². The summed E-state index contributed by atoms with van der Waals surface area (Å²) in [5, 5.41) is 3.74. The Kier molecular flexibility index (Phi) is 3.39. The lowest BCUT2D eigenvalue weighted by Gasteiger charge is -2.23. The zero-order chi connectivity index (χ0) is 10.9. The van der Waals surface area contributed by atoms with Gasteiger partial charge in [-0.15, -0.1) is 0 Å². The summed E-state index contributed by atoms with van der Waals surface area (Å²) in [5.41, 5.74) is 0.444. The Balaban J connectivity index is 1.67. The second-order valence-corrected chi connectivity index (χ2v) is 6.85. The van der Waals surface area contributed by atoms with Gasteiger partial charge in [-0.25, -0.2) is 0 Å². The molecule has 0 heterocycles. The van der Waals surface area contributed by atoms with E-state index in [9.17, 15) is 0 Å². The molecule has 2 atom stereocenters. The van der Waals surface area contributed by atoms with Crippen LogP contribution in [0, 0.1) is 17.3 Å². The molecule has 2 saturated carbocycles. The highest BCUT2D eigenvalue weighted by Crippen LogP contribution is 2.44. The van der Waals surface area contributed by atoms with Crippen molar-refractivity contribution in [2.75, 3.05) is 6.54 Å². The number of nitrogens with one attached hydrogen (secondary N) is 1. The zero-order valence-corrected chi connectivity index (χ0v) is 10.7. The van der Waals surface area contributed by atoms with E-state index >= 15 is 0 Å².